The lowest BCUT2D eigenvalue weighted by molar-refractivity contribution is -0.386. The van der Waals surface area contributed by atoms with E-state index in [9.17, 15) is 44.3 Å². The maximum atomic E-state index is 13.5. The predicted octanol–water partition coefficient (Wildman–Crippen LogP) is 5.30. The van der Waals surface area contributed by atoms with Gasteiger partial charge in [-0.2, -0.15) is 39.5 Å². The molecule has 0 aliphatic carbocycles. The summed E-state index contributed by atoms with van der Waals surface area (Å²) in [7, 11) is 0. The van der Waals surface area contributed by atoms with Gasteiger partial charge in [0.15, 0.2) is 0 Å². The van der Waals surface area contributed by atoms with E-state index in [1.165, 1.54) is 13.0 Å². The van der Waals surface area contributed by atoms with E-state index >= 15 is 0 Å². The molecule has 0 spiro atoms. The number of carbonyl (C=O) groups is 1. The van der Waals surface area contributed by atoms with Crippen molar-refractivity contribution in [3.63, 3.8) is 0 Å². The van der Waals surface area contributed by atoms with Crippen LogP contribution in [0.5, 0.6) is 0 Å². The fraction of sp³-hybridized carbons (Fsp3) is 0.417. The first kappa shape index (κ1) is 19.6. The zero-order valence-corrected chi connectivity index (χ0v) is 11.7. The maximum Gasteiger partial charge on any atom is 0.460 e. The number of alkyl halides is 9. The Morgan fingerprint density at radius 3 is 1.83 bits per heavy atom. The first-order valence-electron chi connectivity index (χ1n) is 5.58. The van der Waals surface area contributed by atoms with Gasteiger partial charge in [0.1, 0.15) is 0 Å². The van der Waals surface area contributed by atoms with Gasteiger partial charge in [-0.05, 0) is 19.1 Å². The first-order chi connectivity index (χ1) is 10.1. The van der Waals surface area contributed by atoms with Crippen molar-refractivity contribution in [1.29, 1.82) is 0 Å². The molecule has 0 aromatic heterocycles. The summed E-state index contributed by atoms with van der Waals surface area (Å²) >= 11 is 5.34. The molecule has 0 amide bonds. The zero-order valence-electron chi connectivity index (χ0n) is 10.9. The van der Waals surface area contributed by atoms with E-state index in [1.807, 2.05) is 0 Å². The van der Waals surface area contributed by atoms with Crippen LogP contribution in [0.1, 0.15) is 15.9 Å². The van der Waals surface area contributed by atoms with Crippen LogP contribution >= 0.6 is 11.6 Å². The molecule has 11 heteroatoms. The van der Waals surface area contributed by atoms with Crippen LogP contribution in [0.4, 0.5) is 39.5 Å². The van der Waals surface area contributed by atoms with Crippen molar-refractivity contribution >= 4 is 17.4 Å². The second kappa shape index (κ2) is 5.57. The predicted molar refractivity (Wildman–Crippen MR) is 61.4 cm³/mol. The number of ketones is 1. The van der Waals surface area contributed by atoms with Crippen molar-refractivity contribution in [3.8, 4) is 0 Å². The second-order valence-electron chi connectivity index (χ2n) is 4.53. The Kier molecular flexibility index (Phi) is 4.75. The lowest BCUT2D eigenvalue weighted by Crippen LogP contribution is -2.63. The molecule has 0 atom stereocenters. The van der Waals surface area contributed by atoms with Crippen molar-refractivity contribution in [2.45, 2.75) is 30.9 Å². The minimum absolute atomic E-state index is 0.0689. The van der Waals surface area contributed by atoms with Crippen LogP contribution in [0.25, 0.3) is 0 Å². The molecule has 0 bridgehead atoms. The summed E-state index contributed by atoms with van der Waals surface area (Å²) in [6, 6.07) is 2.58. The molecule has 0 N–H and O–H groups in total. The summed E-state index contributed by atoms with van der Waals surface area (Å²) in [6.07, 6.45) is -6.99. The highest BCUT2D eigenvalue weighted by molar-refractivity contribution is 6.34. The fourth-order valence-electron chi connectivity index (χ4n) is 1.50. The van der Waals surface area contributed by atoms with Gasteiger partial charge in [0.2, 0.25) is 5.78 Å². The molecule has 0 heterocycles. The highest BCUT2D eigenvalue weighted by Gasteiger charge is 2.83. The third-order valence-corrected chi connectivity index (χ3v) is 3.13. The summed E-state index contributed by atoms with van der Waals surface area (Å²) < 4.78 is 115. The maximum absolute atomic E-state index is 13.5. The Morgan fingerprint density at radius 1 is 0.913 bits per heavy atom. The number of rotatable bonds is 4. The Bertz CT molecular complexity index is 621. The largest absolute Gasteiger partial charge is 0.460 e. The smallest absolute Gasteiger partial charge is 0.287 e. The van der Waals surface area contributed by atoms with Crippen molar-refractivity contribution < 1.29 is 44.3 Å². The summed E-state index contributed by atoms with van der Waals surface area (Å²) in [6.45, 7) is 1.23. The Balaban J connectivity index is 3.45. The molecule has 0 radical (unpaired) electrons. The summed E-state index contributed by atoms with van der Waals surface area (Å²) in [5.41, 5.74) is -1.23. The van der Waals surface area contributed by atoms with Crippen LogP contribution in [-0.4, -0.2) is 29.7 Å². The fourth-order valence-corrected chi connectivity index (χ4v) is 1.70. The SMILES string of the molecule is Cc1ccc(Cl)c(C(=O)C(F)(F)C(F)(F)C(F)(F)C(F)(F)F)c1. The van der Waals surface area contributed by atoms with Gasteiger partial charge >= 0.3 is 23.9 Å². The molecule has 0 saturated heterocycles. The molecule has 1 nitrogen and oxygen atoms in total. The number of halogens is 10. The van der Waals surface area contributed by atoms with Crippen LogP contribution in [0.3, 0.4) is 0 Å². The number of hydrogen-bond donors (Lipinski definition) is 0. The third kappa shape index (κ3) is 3.00. The number of aryl methyl sites for hydroxylation is 1. The van der Waals surface area contributed by atoms with Gasteiger partial charge in [0.05, 0.1) is 5.02 Å². The van der Waals surface area contributed by atoms with Gasteiger partial charge in [0, 0.05) is 5.56 Å². The molecular weight excluding hydrogens is 367 g/mol. The van der Waals surface area contributed by atoms with Gasteiger partial charge in [-0.3, -0.25) is 4.79 Å². The molecule has 0 aliphatic rings. The van der Waals surface area contributed by atoms with E-state index in [2.05, 4.69) is 0 Å². The first-order valence-corrected chi connectivity index (χ1v) is 5.96. The standard InChI is InChI=1S/C12H6ClF9O/c1-5-2-3-7(13)6(4-5)8(23)9(14,15)10(16,17)11(18,19)12(20,21)22/h2-4H,1H3. The molecule has 1 rings (SSSR count). The van der Waals surface area contributed by atoms with Crippen LogP contribution in [-0.2, 0) is 0 Å². The van der Waals surface area contributed by atoms with Crippen LogP contribution < -0.4 is 0 Å². The van der Waals surface area contributed by atoms with Gasteiger partial charge in [-0.1, -0.05) is 23.2 Å². The summed E-state index contributed by atoms with van der Waals surface area (Å²) in [5, 5.41) is -0.800. The molecule has 130 valence electrons. The normalized spacial score (nSPS) is 14.0. The van der Waals surface area contributed by atoms with Crippen molar-refractivity contribution in [1.82, 2.24) is 0 Å². The van der Waals surface area contributed by atoms with E-state index in [1.54, 1.807) is 0 Å². The number of benzene rings is 1. The van der Waals surface area contributed by atoms with Crippen LogP contribution in [0.2, 0.25) is 5.02 Å². The number of hydrogen-bond acceptors (Lipinski definition) is 1. The second-order valence-corrected chi connectivity index (χ2v) is 4.94. The molecular formula is C12H6ClF9O. The molecule has 0 saturated carbocycles. The monoisotopic (exact) mass is 372 g/mol. The Hall–Kier alpha value is -1.45. The number of Topliss-reactive ketones (excluding diaryl/α,β-unsaturated/α-hetero) is 1. The minimum Gasteiger partial charge on any atom is -0.287 e. The van der Waals surface area contributed by atoms with E-state index in [-0.39, 0.29) is 5.56 Å². The topological polar surface area (TPSA) is 17.1 Å². The van der Waals surface area contributed by atoms with Gasteiger partial charge in [0.25, 0.3) is 0 Å². The molecule has 0 fully saturated rings. The van der Waals surface area contributed by atoms with E-state index in [4.69, 9.17) is 11.6 Å². The average Bonchev–Trinajstić information content (AvgIpc) is 2.38. The molecule has 0 unspecified atom stereocenters. The third-order valence-electron chi connectivity index (χ3n) is 2.80. The number of carbonyl (C=O) groups excluding carboxylic acids is 1. The van der Waals surface area contributed by atoms with Gasteiger partial charge in [-0.25, -0.2) is 0 Å². The van der Waals surface area contributed by atoms with Crippen LogP contribution in [0.15, 0.2) is 18.2 Å². The van der Waals surface area contributed by atoms with Crippen molar-refractivity contribution in [3.05, 3.63) is 34.3 Å². The van der Waals surface area contributed by atoms with E-state index in [0.29, 0.717) is 6.07 Å². The summed E-state index contributed by atoms with van der Waals surface area (Å²) in [5.74, 6) is -23.4. The average molecular weight is 373 g/mol. The minimum atomic E-state index is -7.13. The van der Waals surface area contributed by atoms with Crippen LogP contribution in [0, 0.1) is 6.92 Å². The van der Waals surface area contributed by atoms with Gasteiger partial charge in [-0.15, -0.1) is 0 Å². The zero-order chi connectivity index (χ0) is 18.4. The highest BCUT2D eigenvalue weighted by Crippen LogP contribution is 2.54. The van der Waals surface area contributed by atoms with Crippen molar-refractivity contribution in [2.24, 2.45) is 0 Å². The molecule has 23 heavy (non-hydrogen) atoms. The Labute approximate surface area is 128 Å². The summed E-state index contributed by atoms with van der Waals surface area (Å²) in [4.78, 5) is 11.4. The lowest BCUT2D eigenvalue weighted by Gasteiger charge is -2.32. The molecule has 0 aliphatic heterocycles. The lowest BCUT2D eigenvalue weighted by atomic mass is 9.95. The van der Waals surface area contributed by atoms with E-state index in [0.717, 1.165) is 6.07 Å². The van der Waals surface area contributed by atoms with E-state index < -0.39 is 40.3 Å². The highest BCUT2D eigenvalue weighted by atomic mass is 35.5. The van der Waals surface area contributed by atoms with Gasteiger partial charge < -0.3 is 0 Å². The Morgan fingerprint density at radius 2 is 1.39 bits per heavy atom. The molecule has 1 aromatic carbocycles. The quantitative estimate of drug-likeness (QED) is 0.518. The van der Waals surface area contributed by atoms with Crippen molar-refractivity contribution in [2.75, 3.05) is 0 Å². The molecule has 1 aromatic rings.